The van der Waals surface area contributed by atoms with E-state index in [1.54, 1.807) is 0 Å². The first-order valence-corrected chi connectivity index (χ1v) is 22.5. The van der Waals surface area contributed by atoms with Crippen LogP contribution >= 0.6 is 0 Å². The van der Waals surface area contributed by atoms with Gasteiger partial charge in [0, 0.05) is 0 Å². The Kier molecular flexibility index (Phi) is 11.9. The van der Waals surface area contributed by atoms with Crippen molar-refractivity contribution < 1.29 is 20.4 Å². The van der Waals surface area contributed by atoms with E-state index in [2.05, 4.69) is 146 Å². The minimum atomic E-state index is -0.976. The Morgan fingerprint density at radius 3 is 0.569 bits per heavy atom. The van der Waals surface area contributed by atoms with Crippen molar-refractivity contribution in [2.24, 2.45) is 0 Å². The maximum absolute atomic E-state index is 10.9. The molecule has 0 aliphatic heterocycles. The molecule has 0 bridgehead atoms. The normalized spacial score (nSPS) is 12.6. The number of hydrogen-bond acceptors (Lipinski definition) is 4. The molecule has 0 heterocycles. The zero-order valence-electron chi connectivity index (χ0n) is 38.8. The first-order valence-electron chi connectivity index (χ1n) is 22.5. The third-order valence-electron chi connectivity index (χ3n) is 12.9. The Labute approximate surface area is 385 Å². The molecule has 0 aliphatic carbocycles. The fraction of sp³-hybridized carbons (Fsp3) is 0.213. The lowest BCUT2D eigenvalue weighted by Gasteiger charge is -2.37. The molecule has 0 fully saturated rings. The van der Waals surface area contributed by atoms with Crippen molar-refractivity contribution >= 4 is 0 Å². The van der Waals surface area contributed by atoms with Crippen LogP contribution in [0, 0.1) is 0 Å². The number of hydrogen-bond donors (Lipinski definition) is 4. The average molecular weight is 857 g/mol. The fourth-order valence-electron chi connectivity index (χ4n) is 8.97. The molecule has 0 saturated carbocycles. The van der Waals surface area contributed by atoms with Gasteiger partial charge >= 0.3 is 0 Å². The van der Waals surface area contributed by atoms with Crippen molar-refractivity contribution in [1.29, 1.82) is 0 Å². The van der Waals surface area contributed by atoms with E-state index < -0.39 is 27.8 Å². The summed E-state index contributed by atoms with van der Waals surface area (Å²) in [5.41, 5.74) is 11.2. The molecule has 0 aromatic heterocycles. The Bertz CT molecular complexity index is 2500. The fourth-order valence-corrected chi connectivity index (χ4v) is 8.97. The van der Waals surface area contributed by atoms with Crippen LogP contribution in [0.3, 0.4) is 0 Å². The number of aliphatic hydroxyl groups is 4. The van der Waals surface area contributed by atoms with Crippen LogP contribution in [0.15, 0.2) is 194 Å². The Hall–Kier alpha value is -6.40. The lowest BCUT2D eigenvalue weighted by Crippen LogP contribution is -2.31. The van der Waals surface area contributed by atoms with Gasteiger partial charge in [0.1, 0.15) is 0 Å². The molecule has 4 heteroatoms. The van der Waals surface area contributed by atoms with E-state index in [-0.39, 0.29) is 0 Å². The third-order valence-corrected chi connectivity index (χ3v) is 12.9. The first-order chi connectivity index (χ1) is 30.7. The lowest BCUT2D eigenvalue weighted by atomic mass is 9.64. The summed E-state index contributed by atoms with van der Waals surface area (Å²) >= 11 is 0. The Balaban J connectivity index is 1.35. The maximum atomic E-state index is 10.9. The molecule has 328 valence electrons. The second-order valence-corrected chi connectivity index (χ2v) is 19.6. The van der Waals surface area contributed by atoms with Gasteiger partial charge in [-0.1, -0.05) is 170 Å². The van der Waals surface area contributed by atoms with E-state index >= 15 is 0 Å². The second kappa shape index (κ2) is 17.2. The van der Waals surface area contributed by atoms with Crippen molar-refractivity contribution in [2.45, 2.75) is 83.2 Å². The average Bonchev–Trinajstić information content (AvgIpc) is 3.29. The van der Waals surface area contributed by atoms with Crippen molar-refractivity contribution in [3.63, 3.8) is 0 Å². The molecule has 0 radical (unpaired) electrons. The van der Waals surface area contributed by atoms with Crippen LogP contribution in [0.2, 0.25) is 0 Å². The third kappa shape index (κ3) is 9.40. The highest BCUT2D eigenvalue weighted by atomic mass is 16.3. The van der Waals surface area contributed by atoms with Crippen LogP contribution in [0.25, 0.3) is 44.5 Å². The summed E-state index contributed by atoms with van der Waals surface area (Å²) < 4.78 is 0. The molecular weight excluding hydrogens is 797 g/mol. The molecule has 0 atom stereocenters. The summed E-state index contributed by atoms with van der Waals surface area (Å²) in [4.78, 5) is 0. The molecular formula is C61H60O4. The zero-order chi connectivity index (χ0) is 46.4. The van der Waals surface area contributed by atoms with Gasteiger partial charge in [0.05, 0.1) is 27.8 Å². The molecule has 8 rings (SSSR count). The summed E-state index contributed by atoms with van der Waals surface area (Å²) in [5.74, 6) is 0. The second-order valence-electron chi connectivity index (χ2n) is 19.6. The van der Waals surface area contributed by atoms with Crippen molar-refractivity contribution in [3.8, 4) is 44.5 Å². The van der Waals surface area contributed by atoms with E-state index in [4.69, 9.17) is 0 Å². The molecule has 0 aliphatic rings. The van der Waals surface area contributed by atoms with E-state index in [1.165, 1.54) is 0 Å². The van der Waals surface area contributed by atoms with Gasteiger partial charge in [-0.15, -0.1) is 0 Å². The molecule has 4 nitrogen and oxygen atoms in total. The topological polar surface area (TPSA) is 80.9 Å². The van der Waals surface area contributed by atoms with Gasteiger partial charge in [0.2, 0.25) is 0 Å². The standard InChI is InChI=1S/C61H60O4/c1-57(2,62)53-17-9-13-45(37-53)41-21-29-49(30-22-41)61(50-31-23-42(24-32-50)46-14-10-18-54(38-46)58(3,4)63,51-33-25-43(26-34-51)47-15-11-19-55(39-47)59(5,6)64)52-35-27-44(28-36-52)48-16-12-20-56(40-48)60(7,8)65/h9-40,62-65H,1-8H3. The first kappa shape index (κ1) is 45.2. The molecule has 0 unspecified atom stereocenters. The molecule has 8 aromatic carbocycles. The molecule has 0 saturated heterocycles. The van der Waals surface area contributed by atoms with Crippen molar-refractivity contribution in [2.75, 3.05) is 0 Å². The monoisotopic (exact) mass is 856 g/mol. The van der Waals surface area contributed by atoms with Crippen LogP contribution in [0.4, 0.5) is 0 Å². The van der Waals surface area contributed by atoms with Gasteiger partial charge in [0.25, 0.3) is 0 Å². The van der Waals surface area contributed by atoms with Crippen molar-refractivity contribution in [1.82, 2.24) is 0 Å². The van der Waals surface area contributed by atoms with Crippen LogP contribution in [-0.2, 0) is 27.8 Å². The molecule has 4 N–H and O–H groups in total. The van der Waals surface area contributed by atoms with E-state index in [9.17, 15) is 20.4 Å². The summed E-state index contributed by atoms with van der Waals surface area (Å²) in [5, 5.41) is 43.5. The minimum Gasteiger partial charge on any atom is -0.386 e. The summed E-state index contributed by atoms with van der Waals surface area (Å²) in [6, 6.07) is 67.7. The molecule has 8 aromatic rings. The Morgan fingerprint density at radius 2 is 0.400 bits per heavy atom. The predicted octanol–water partition coefficient (Wildman–Crippen LogP) is 13.6. The van der Waals surface area contributed by atoms with Crippen LogP contribution < -0.4 is 0 Å². The predicted molar refractivity (Wildman–Crippen MR) is 267 cm³/mol. The maximum Gasteiger partial charge on any atom is 0.0840 e. The highest BCUT2D eigenvalue weighted by Gasteiger charge is 2.39. The summed E-state index contributed by atoms with van der Waals surface area (Å²) in [6.07, 6.45) is 0. The zero-order valence-corrected chi connectivity index (χ0v) is 38.8. The number of benzene rings is 8. The van der Waals surface area contributed by atoms with Gasteiger partial charge in [-0.05, 0) is 169 Å². The van der Waals surface area contributed by atoms with E-state index in [1.807, 2.05) is 104 Å². The number of rotatable bonds is 12. The lowest BCUT2D eigenvalue weighted by molar-refractivity contribution is 0.0781. The Morgan fingerprint density at radius 1 is 0.215 bits per heavy atom. The largest absolute Gasteiger partial charge is 0.386 e. The van der Waals surface area contributed by atoms with Crippen LogP contribution in [-0.4, -0.2) is 20.4 Å². The smallest absolute Gasteiger partial charge is 0.0840 e. The molecule has 65 heavy (non-hydrogen) atoms. The summed E-state index contributed by atoms with van der Waals surface area (Å²) in [7, 11) is 0. The van der Waals surface area contributed by atoms with Crippen molar-refractivity contribution in [3.05, 3.63) is 239 Å². The minimum absolute atomic E-state index is 0.804. The quantitative estimate of drug-likeness (QED) is 0.0923. The van der Waals surface area contributed by atoms with Gasteiger partial charge in [-0.25, -0.2) is 0 Å². The summed E-state index contributed by atoms with van der Waals surface area (Å²) in [6.45, 7) is 14.5. The van der Waals surface area contributed by atoms with Crippen LogP contribution in [0.1, 0.15) is 99.9 Å². The van der Waals surface area contributed by atoms with Gasteiger partial charge in [0.15, 0.2) is 0 Å². The van der Waals surface area contributed by atoms with Gasteiger partial charge in [-0.3, -0.25) is 0 Å². The molecule has 0 spiro atoms. The van der Waals surface area contributed by atoms with Crippen LogP contribution in [0.5, 0.6) is 0 Å². The van der Waals surface area contributed by atoms with E-state index in [0.29, 0.717) is 0 Å². The van der Waals surface area contributed by atoms with E-state index in [0.717, 1.165) is 89.0 Å². The highest BCUT2D eigenvalue weighted by molar-refractivity contribution is 5.73. The highest BCUT2D eigenvalue weighted by Crippen LogP contribution is 2.47. The SMILES string of the molecule is CC(C)(O)c1cccc(-c2ccc(C(c3ccc(-c4cccc(C(C)(C)O)c4)cc3)(c3ccc(-c4cccc(C(C)(C)O)c4)cc3)c3ccc(-c4cccc(C(C)(C)O)c4)cc3)cc2)c1. The molecule has 0 amide bonds. The van der Waals surface area contributed by atoms with Gasteiger partial charge in [-0.2, -0.15) is 0 Å². The van der Waals surface area contributed by atoms with Gasteiger partial charge < -0.3 is 20.4 Å².